The van der Waals surface area contributed by atoms with Crippen LogP contribution in [0.1, 0.15) is 57.6 Å². The molecule has 2 nitrogen and oxygen atoms in total. The predicted molar refractivity (Wildman–Crippen MR) is 87.4 cm³/mol. The van der Waals surface area contributed by atoms with Crippen LogP contribution in [0.25, 0.3) is 0 Å². The van der Waals surface area contributed by atoms with E-state index in [4.69, 9.17) is 4.74 Å². The van der Waals surface area contributed by atoms with Crippen molar-refractivity contribution in [2.45, 2.75) is 58.9 Å². The van der Waals surface area contributed by atoms with Crippen molar-refractivity contribution in [1.29, 1.82) is 0 Å². The Morgan fingerprint density at radius 1 is 1.05 bits per heavy atom. The third-order valence-electron chi connectivity index (χ3n) is 3.58. The van der Waals surface area contributed by atoms with Crippen LogP contribution in [0, 0.1) is 0 Å². The number of hydrogen-bond acceptors (Lipinski definition) is 2. The highest BCUT2D eigenvalue weighted by atomic mass is 16.5. The summed E-state index contributed by atoms with van der Waals surface area (Å²) in [4.78, 5) is 0. The fourth-order valence-electron chi connectivity index (χ4n) is 2.36. The largest absolute Gasteiger partial charge is 0.381 e. The third kappa shape index (κ3) is 6.53. The molecule has 0 saturated heterocycles. The first kappa shape index (κ1) is 17.2. The summed E-state index contributed by atoms with van der Waals surface area (Å²) in [6.45, 7) is 11.5. The number of ether oxygens (including phenoxy) is 1. The van der Waals surface area contributed by atoms with Crippen molar-refractivity contribution in [3.63, 3.8) is 0 Å². The summed E-state index contributed by atoms with van der Waals surface area (Å²) < 4.78 is 5.61. The zero-order chi connectivity index (χ0) is 14.8. The van der Waals surface area contributed by atoms with Gasteiger partial charge in [0, 0.05) is 19.3 Å². The normalized spacial score (nSPS) is 12.8. The van der Waals surface area contributed by atoms with E-state index in [0.29, 0.717) is 12.0 Å². The molecule has 1 aromatic carbocycles. The van der Waals surface area contributed by atoms with E-state index in [0.717, 1.165) is 39.0 Å². The highest BCUT2D eigenvalue weighted by Gasteiger charge is 2.09. The van der Waals surface area contributed by atoms with E-state index in [9.17, 15) is 0 Å². The molecule has 0 fully saturated rings. The van der Waals surface area contributed by atoms with Crippen LogP contribution >= 0.6 is 0 Å². The maximum atomic E-state index is 5.61. The molecule has 1 unspecified atom stereocenters. The molecule has 0 radical (unpaired) electrons. The first-order valence-corrected chi connectivity index (χ1v) is 8.07. The molecule has 0 aliphatic heterocycles. The number of hydrogen-bond donors (Lipinski definition) is 1. The Balaban J connectivity index is 2.47. The molecule has 1 N–H and O–H groups in total. The Labute approximate surface area is 124 Å². The summed E-state index contributed by atoms with van der Waals surface area (Å²) in [5, 5.41) is 3.57. The molecule has 1 rings (SSSR count). The highest BCUT2D eigenvalue weighted by Crippen LogP contribution is 2.16. The fourth-order valence-corrected chi connectivity index (χ4v) is 2.36. The van der Waals surface area contributed by atoms with E-state index in [1.165, 1.54) is 11.1 Å². The van der Waals surface area contributed by atoms with Gasteiger partial charge in [0.15, 0.2) is 0 Å². The standard InChI is InChI=1S/C18H31NO/c1-5-12-20-13-11-18(19-6-2)14-16-7-9-17(10-8-16)15(3)4/h7-10,15,18-19H,5-6,11-14H2,1-4H3. The first-order chi connectivity index (χ1) is 9.67. The van der Waals surface area contributed by atoms with Gasteiger partial charge < -0.3 is 10.1 Å². The lowest BCUT2D eigenvalue weighted by Gasteiger charge is -2.18. The number of likely N-dealkylation sites (N-methyl/N-ethyl adjacent to an activating group) is 1. The van der Waals surface area contributed by atoms with Crippen molar-refractivity contribution in [2.24, 2.45) is 0 Å². The topological polar surface area (TPSA) is 21.3 Å². The van der Waals surface area contributed by atoms with Crippen molar-refractivity contribution in [2.75, 3.05) is 19.8 Å². The van der Waals surface area contributed by atoms with Gasteiger partial charge in [0.2, 0.25) is 0 Å². The van der Waals surface area contributed by atoms with Gasteiger partial charge in [-0.15, -0.1) is 0 Å². The lowest BCUT2D eigenvalue weighted by molar-refractivity contribution is 0.124. The second kappa shape index (κ2) is 9.95. The van der Waals surface area contributed by atoms with Gasteiger partial charge in [-0.3, -0.25) is 0 Å². The van der Waals surface area contributed by atoms with Gasteiger partial charge >= 0.3 is 0 Å². The zero-order valence-corrected chi connectivity index (χ0v) is 13.6. The maximum Gasteiger partial charge on any atom is 0.0480 e. The third-order valence-corrected chi connectivity index (χ3v) is 3.58. The van der Waals surface area contributed by atoms with Gasteiger partial charge in [-0.05, 0) is 42.9 Å². The molecule has 114 valence electrons. The van der Waals surface area contributed by atoms with Crippen LogP contribution in [0.15, 0.2) is 24.3 Å². The summed E-state index contributed by atoms with van der Waals surface area (Å²) in [5.41, 5.74) is 2.83. The molecule has 20 heavy (non-hydrogen) atoms. The summed E-state index contributed by atoms with van der Waals surface area (Å²) in [7, 11) is 0. The van der Waals surface area contributed by atoms with Gasteiger partial charge in [0.1, 0.15) is 0 Å². The smallest absolute Gasteiger partial charge is 0.0480 e. The Morgan fingerprint density at radius 2 is 1.75 bits per heavy atom. The van der Waals surface area contributed by atoms with Crippen LogP contribution in [0.3, 0.4) is 0 Å². The molecule has 0 amide bonds. The van der Waals surface area contributed by atoms with E-state index in [1.54, 1.807) is 0 Å². The van der Waals surface area contributed by atoms with Gasteiger partial charge in [0.25, 0.3) is 0 Å². The molecule has 0 heterocycles. The van der Waals surface area contributed by atoms with Crippen molar-refractivity contribution in [3.05, 3.63) is 35.4 Å². The number of nitrogens with one attached hydrogen (secondary N) is 1. The average Bonchev–Trinajstić information content (AvgIpc) is 2.44. The summed E-state index contributed by atoms with van der Waals surface area (Å²) in [5.74, 6) is 0.607. The second-order valence-corrected chi connectivity index (χ2v) is 5.76. The van der Waals surface area contributed by atoms with Crippen LogP contribution in [0.5, 0.6) is 0 Å². The lowest BCUT2D eigenvalue weighted by Crippen LogP contribution is -2.32. The van der Waals surface area contributed by atoms with Gasteiger partial charge in [-0.1, -0.05) is 52.0 Å². The molecule has 2 heteroatoms. The summed E-state index contributed by atoms with van der Waals surface area (Å²) in [6, 6.07) is 9.58. The van der Waals surface area contributed by atoms with E-state index in [1.807, 2.05) is 0 Å². The fraction of sp³-hybridized carbons (Fsp3) is 0.667. The van der Waals surface area contributed by atoms with E-state index >= 15 is 0 Å². The molecular weight excluding hydrogens is 246 g/mol. The van der Waals surface area contributed by atoms with E-state index < -0.39 is 0 Å². The van der Waals surface area contributed by atoms with Crippen molar-refractivity contribution < 1.29 is 4.74 Å². The molecule has 0 aliphatic rings. The molecule has 0 spiro atoms. The summed E-state index contributed by atoms with van der Waals surface area (Å²) in [6.07, 6.45) is 3.27. The van der Waals surface area contributed by atoms with Crippen LogP contribution in [0.2, 0.25) is 0 Å². The Morgan fingerprint density at radius 3 is 2.30 bits per heavy atom. The van der Waals surface area contributed by atoms with Crippen LogP contribution in [-0.2, 0) is 11.2 Å². The van der Waals surface area contributed by atoms with Crippen molar-refractivity contribution in [1.82, 2.24) is 5.32 Å². The van der Waals surface area contributed by atoms with Crippen LogP contribution < -0.4 is 5.32 Å². The van der Waals surface area contributed by atoms with Crippen molar-refractivity contribution in [3.8, 4) is 0 Å². The minimum absolute atomic E-state index is 0.516. The molecule has 1 aromatic rings. The van der Waals surface area contributed by atoms with Crippen LogP contribution in [0.4, 0.5) is 0 Å². The first-order valence-electron chi connectivity index (χ1n) is 8.07. The Bertz CT molecular complexity index is 345. The lowest BCUT2D eigenvalue weighted by atomic mass is 9.98. The quantitative estimate of drug-likeness (QED) is 0.649. The number of benzene rings is 1. The SMILES string of the molecule is CCCOCCC(Cc1ccc(C(C)C)cc1)NCC. The minimum Gasteiger partial charge on any atom is -0.381 e. The molecule has 0 saturated carbocycles. The van der Waals surface area contributed by atoms with Gasteiger partial charge in [-0.2, -0.15) is 0 Å². The molecule has 0 aliphatic carbocycles. The van der Waals surface area contributed by atoms with Gasteiger partial charge in [0.05, 0.1) is 0 Å². The van der Waals surface area contributed by atoms with Gasteiger partial charge in [-0.25, -0.2) is 0 Å². The Hall–Kier alpha value is -0.860. The van der Waals surface area contributed by atoms with E-state index in [2.05, 4.69) is 57.3 Å². The zero-order valence-electron chi connectivity index (χ0n) is 13.6. The van der Waals surface area contributed by atoms with Crippen molar-refractivity contribution >= 4 is 0 Å². The summed E-state index contributed by atoms with van der Waals surface area (Å²) >= 11 is 0. The number of rotatable bonds is 10. The predicted octanol–water partition coefficient (Wildman–Crippen LogP) is 4.15. The maximum absolute atomic E-state index is 5.61. The average molecular weight is 277 g/mol. The second-order valence-electron chi connectivity index (χ2n) is 5.76. The monoisotopic (exact) mass is 277 g/mol. The molecule has 1 atom stereocenters. The molecule has 0 bridgehead atoms. The highest BCUT2D eigenvalue weighted by molar-refractivity contribution is 5.25. The minimum atomic E-state index is 0.516. The van der Waals surface area contributed by atoms with Crippen LogP contribution in [-0.4, -0.2) is 25.8 Å². The molecular formula is C18H31NO. The van der Waals surface area contributed by atoms with E-state index in [-0.39, 0.29) is 0 Å². The Kier molecular flexibility index (Phi) is 8.56. The molecule has 0 aromatic heterocycles.